The Bertz CT molecular complexity index is 1180. The van der Waals surface area contributed by atoms with Crippen molar-refractivity contribution in [2.24, 2.45) is 5.92 Å². The highest BCUT2D eigenvalue weighted by Gasteiger charge is 2.18. The van der Waals surface area contributed by atoms with Crippen molar-refractivity contribution in [1.29, 1.82) is 0 Å². The van der Waals surface area contributed by atoms with Gasteiger partial charge in [0.1, 0.15) is 5.82 Å². The summed E-state index contributed by atoms with van der Waals surface area (Å²) >= 11 is 12.5. The van der Waals surface area contributed by atoms with Crippen molar-refractivity contribution in [3.05, 3.63) is 52.6 Å². The van der Waals surface area contributed by atoms with Crippen molar-refractivity contribution >= 4 is 50.8 Å². The molecule has 1 saturated heterocycles. The summed E-state index contributed by atoms with van der Waals surface area (Å²) in [5, 5.41) is 9.53. The van der Waals surface area contributed by atoms with Gasteiger partial charge in [0.05, 0.1) is 27.8 Å². The number of pyridine rings is 1. The van der Waals surface area contributed by atoms with Crippen LogP contribution in [-0.4, -0.2) is 34.6 Å². The largest absolute Gasteiger partial charge is 0.384 e. The van der Waals surface area contributed by atoms with Gasteiger partial charge in [0.15, 0.2) is 0 Å². The molecule has 5 nitrogen and oxygen atoms in total. The van der Waals surface area contributed by atoms with Crippen LogP contribution < -0.4 is 10.6 Å². The van der Waals surface area contributed by atoms with E-state index in [4.69, 9.17) is 28.2 Å². The van der Waals surface area contributed by atoms with E-state index in [0.29, 0.717) is 16.0 Å². The van der Waals surface area contributed by atoms with Crippen LogP contribution in [0.15, 0.2) is 42.6 Å². The van der Waals surface area contributed by atoms with Gasteiger partial charge in [-0.15, -0.1) is 0 Å². The molecule has 1 unspecified atom stereocenters. The lowest BCUT2D eigenvalue weighted by Crippen LogP contribution is -2.33. The van der Waals surface area contributed by atoms with Gasteiger partial charge in [0, 0.05) is 28.2 Å². The van der Waals surface area contributed by atoms with E-state index in [9.17, 15) is 0 Å². The molecule has 2 aromatic carbocycles. The van der Waals surface area contributed by atoms with E-state index in [0.717, 1.165) is 58.6 Å². The summed E-state index contributed by atoms with van der Waals surface area (Å²) in [6.07, 6.45) is 4.31. The van der Waals surface area contributed by atoms with E-state index in [-0.39, 0.29) is 0 Å². The Kier molecular flexibility index (Phi) is 5.04. The fourth-order valence-corrected chi connectivity index (χ4v) is 4.33. The van der Waals surface area contributed by atoms with Crippen LogP contribution in [0.2, 0.25) is 10.0 Å². The first-order valence-corrected chi connectivity index (χ1v) is 10.6. The fraction of sp³-hybridized carbons (Fsp3) is 0.273. The number of rotatable bonds is 4. The van der Waals surface area contributed by atoms with Crippen LogP contribution in [0, 0.1) is 5.92 Å². The lowest BCUT2D eigenvalue weighted by Gasteiger charge is -2.24. The Balaban J connectivity index is 1.60. The summed E-state index contributed by atoms with van der Waals surface area (Å²) < 4.78 is 0. The third-order valence-corrected chi connectivity index (χ3v) is 5.97. The second-order valence-electron chi connectivity index (χ2n) is 7.55. The second-order valence-corrected chi connectivity index (χ2v) is 8.42. The van der Waals surface area contributed by atoms with Gasteiger partial charge in [-0.05, 0) is 68.2 Å². The van der Waals surface area contributed by atoms with Gasteiger partial charge in [0.2, 0.25) is 0 Å². The van der Waals surface area contributed by atoms with Crippen LogP contribution in [0.4, 0.5) is 5.69 Å². The molecule has 1 atom stereocenters. The molecule has 1 aliphatic heterocycles. The molecule has 7 heteroatoms. The molecular weight excluding hydrogens is 405 g/mol. The number of fused-ring (bicyclic) bond motifs is 2. The average molecular weight is 426 g/mol. The molecule has 1 aliphatic rings. The molecule has 1 fully saturated rings. The summed E-state index contributed by atoms with van der Waals surface area (Å²) in [7, 11) is 0. The predicted octanol–water partition coefficient (Wildman–Crippen LogP) is 5.50. The van der Waals surface area contributed by atoms with Gasteiger partial charge in [-0.2, -0.15) is 0 Å². The minimum atomic E-state index is 0.591. The van der Waals surface area contributed by atoms with E-state index in [1.807, 2.05) is 42.6 Å². The number of anilines is 1. The minimum absolute atomic E-state index is 0.591. The Hall–Kier alpha value is -2.34. The van der Waals surface area contributed by atoms with Crippen LogP contribution in [0.1, 0.15) is 12.8 Å². The summed E-state index contributed by atoms with van der Waals surface area (Å²) in [6, 6.07) is 11.4. The highest BCUT2D eigenvalue weighted by molar-refractivity contribution is 6.31. The van der Waals surface area contributed by atoms with Crippen molar-refractivity contribution in [3.63, 3.8) is 0 Å². The normalized spacial score (nSPS) is 17.1. The zero-order valence-corrected chi connectivity index (χ0v) is 17.3. The molecule has 0 radical (unpaired) electrons. The molecule has 0 spiro atoms. The van der Waals surface area contributed by atoms with Crippen LogP contribution >= 0.6 is 23.2 Å². The number of halogens is 2. The van der Waals surface area contributed by atoms with Gasteiger partial charge in [0.25, 0.3) is 0 Å². The third-order valence-electron chi connectivity index (χ3n) is 5.50. The maximum atomic E-state index is 6.32. The van der Waals surface area contributed by atoms with Gasteiger partial charge in [-0.3, -0.25) is 4.98 Å². The average Bonchev–Trinajstić information content (AvgIpc) is 3.15. The molecule has 2 aromatic heterocycles. The topological polar surface area (TPSA) is 65.6 Å². The number of hydrogen-bond acceptors (Lipinski definition) is 4. The van der Waals surface area contributed by atoms with Gasteiger partial charge in [-0.25, -0.2) is 4.98 Å². The van der Waals surface area contributed by atoms with Crippen molar-refractivity contribution in [2.75, 3.05) is 25.0 Å². The number of benzene rings is 2. The number of hydrogen-bond donors (Lipinski definition) is 3. The smallest absolute Gasteiger partial charge is 0.142 e. The van der Waals surface area contributed by atoms with Gasteiger partial charge in [-0.1, -0.05) is 23.2 Å². The first-order valence-electron chi connectivity index (χ1n) is 9.86. The van der Waals surface area contributed by atoms with Crippen LogP contribution in [0.5, 0.6) is 0 Å². The number of piperidine rings is 1. The fourth-order valence-electron chi connectivity index (χ4n) is 3.99. The number of nitrogens with zero attached hydrogens (tertiary/aromatic N) is 2. The highest BCUT2D eigenvalue weighted by atomic mass is 35.5. The van der Waals surface area contributed by atoms with E-state index < -0.39 is 0 Å². The van der Waals surface area contributed by atoms with E-state index >= 15 is 0 Å². The van der Waals surface area contributed by atoms with Crippen molar-refractivity contribution < 1.29 is 0 Å². The van der Waals surface area contributed by atoms with Crippen LogP contribution in [0.3, 0.4) is 0 Å². The molecule has 3 heterocycles. The molecule has 29 heavy (non-hydrogen) atoms. The predicted molar refractivity (Wildman–Crippen MR) is 121 cm³/mol. The number of H-pyrrole nitrogens is 1. The maximum Gasteiger partial charge on any atom is 0.142 e. The first kappa shape index (κ1) is 18.7. The summed E-state index contributed by atoms with van der Waals surface area (Å²) in [5.41, 5.74) is 4.62. The molecule has 0 saturated carbocycles. The Labute approximate surface area is 178 Å². The monoisotopic (exact) mass is 425 g/mol. The molecule has 4 aromatic rings. The van der Waals surface area contributed by atoms with Crippen molar-refractivity contribution in [1.82, 2.24) is 20.3 Å². The maximum absolute atomic E-state index is 6.32. The SMILES string of the molecule is Clc1ccc2nc(-c3cnc4ccc(Cl)cc4c3NCC3CCCNC3)[nH]c2c1. The zero-order chi connectivity index (χ0) is 19.8. The van der Waals surface area contributed by atoms with E-state index in [2.05, 4.69) is 20.6 Å². The highest BCUT2D eigenvalue weighted by Crippen LogP contribution is 2.35. The van der Waals surface area contributed by atoms with E-state index in [1.54, 1.807) is 0 Å². The number of aromatic amines is 1. The molecule has 0 aliphatic carbocycles. The number of imidazole rings is 1. The van der Waals surface area contributed by atoms with Crippen molar-refractivity contribution in [2.45, 2.75) is 12.8 Å². The molecular formula is C22H21Cl2N5. The minimum Gasteiger partial charge on any atom is -0.384 e. The van der Waals surface area contributed by atoms with Crippen molar-refractivity contribution in [3.8, 4) is 11.4 Å². The van der Waals surface area contributed by atoms with E-state index in [1.165, 1.54) is 12.8 Å². The Morgan fingerprint density at radius 2 is 1.90 bits per heavy atom. The molecule has 148 valence electrons. The molecule has 0 amide bonds. The first-order chi connectivity index (χ1) is 14.2. The Morgan fingerprint density at radius 3 is 2.72 bits per heavy atom. The lowest BCUT2D eigenvalue weighted by molar-refractivity contribution is 0.393. The lowest BCUT2D eigenvalue weighted by atomic mass is 9.99. The summed E-state index contributed by atoms with van der Waals surface area (Å²) in [6.45, 7) is 3.03. The third kappa shape index (κ3) is 3.78. The standard InChI is InChI=1S/C22H21Cl2N5/c23-14-3-5-18-16(8-14)21(27-11-13-2-1-7-25-10-13)17(12-26-18)22-28-19-6-4-15(24)9-20(19)29-22/h3-6,8-9,12-13,25H,1-2,7,10-11H2,(H,26,27)(H,28,29). The zero-order valence-electron chi connectivity index (χ0n) is 15.8. The molecule has 3 N–H and O–H groups in total. The summed E-state index contributed by atoms with van der Waals surface area (Å²) in [5.74, 6) is 1.36. The number of nitrogens with one attached hydrogen (secondary N) is 3. The molecule has 5 rings (SSSR count). The quantitative estimate of drug-likeness (QED) is 0.403. The van der Waals surface area contributed by atoms with Crippen LogP contribution in [0.25, 0.3) is 33.3 Å². The van der Waals surface area contributed by atoms with Gasteiger partial charge < -0.3 is 15.6 Å². The molecule has 0 bridgehead atoms. The Morgan fingerprint density at radius 1 is 1.07 bits per heavy atom. The number of aromatic nitrogens is 3. The van der Waals surface area contributed by atoms with Crippen LogP contribution in [-0.2, 0) is 0 Å². The second kappa shape index (κ2) is 7.82. The summed E-state index contributed by atoms with van der Waals surface area (Å²) in [4.78, 5) is 12.8. The van der Waals surface area contributed by atoms with Gasteiger partial charge >= 0.3 is 0 Å².